The van der Waals surface area contributed by atoms with Crippen LogP contribution >= 0.6 is 27.7 Å². The number of aliphatic hydroxyl groups excluding tert-OH is 1. The zero-order valence-electron chi connectivity index (χ0n) is 12.0. The predicted molar refractivity (Wildman–Crippen MR) is 88.8 cm³/mol. The summed E-state index contributed by atoms with van der Waals surface area (Å²) in [6, 6.07) is 8.49. The molecule has 1 aromatic rings. The molecule has 19 heavy (non-hydrogen) atoms. The van der Waals surface area contributed by atoms with E-state index in [2.05, 4.69) is 41.1 Å². The molecule has 1 rings (SSSR count). The number of halogens is 1. The number of hydrogen-bond donors (Lipinski definition) is 1. The van der Waals surface area contributed by atoms with Gasteiger partial charge in [0.1, 0.15) is 0 Å². The van der Waals surface area contributed by atoms with Gasteiger partial charge < -0.3 is 10.0 Å². The topological polar surface area (TPSA) is 23.5 Å². The molecule has 0 spiro atoms. The van der Waals surface area contributed by atoms with Gasteiger partial charge in [0.2, 0.25) is 0 Å². The predicted octanol–water partition coefficient (Wildman–Crippen LogP) is 3.95. The fourth-order valence-corrected chi connectivity index (χ4v) is 3.58. The molecule has 1 N–H and O–H groups in total. The van der Waals surface area contributed by atoms with E-state index in [0.717, 1.165) is 35.2 Å². The van der Waals surface area contributed by atoms with Gasteiger partial charge in [0.05, 0.1) is 6.10 Å². The van der Waals surface area contributed by atoms with Crippen LogP contribution in [0.15, 0.2) is 28.7 Å². The van der Waals surface area contributed by atoms with Crippen molar-refractivity contribution in [2.75, 3.05) is 25.6 Å². The van der Waals surface area contributed by atoms with Crippen LogP contribution in [0.4, 0.5) is 0 Å². The van der Waals surface area contributed by atoms with Gasteiger partial charge in [-0.15, -0.1) is 0 Å². The Balaban J connectivity index is 2.50. The van der Waals surface area contributed by atoms with Gasteiger partial charge in [-0.25, -0.2) is 0 Å². The molecule has 0 aliphatic carbocycles. The second kappa shape index (κ2) is 9.01. The molecule has 0 amide bonds. The van der Waals surface area contributed by atoms with Gasteiger partial charge in [-0.05, 0) is 37.8 Å². The van der Waals surface area contributed by atoms with Crippen LogP contribution in [0.3, 0.4) is 0 Å². The summed E-state index contributed by atoms with van der Waals surface area (Å²) in [6.45, 7) is 3.14. The van der Waals surface area contributed by atoms with Gasteiger partial charge in [0.15, 0.2) is 0 Å². The summed E-state index contributed by atoms with van der Waals surface area (Å²) in [5.74, 6) is 1.15. The lowest BCUT2D eigenvalue weighted by Crippen LogP contribution is -2.34. The molecule has 0 aromatic heterocycles. The van der Waals surface area contributed by atoms with Crippen molar-refractivity contribution in [3.05, 3.63) is 34.3 Å². The maximum atomic E-state index is 10.3. The molecule has 0 fully saturated rings. The quantitative estimate of drug-likeness (QED) is 0.771. The van der Waals surface area contributed by atoms with Gasteiger partial charge in [0.25, 0.3) is 0 Å². The molecule has 4 heteroatoms. The molecule has 1 aromatic carbocycles. The highest BCUT2D eigenvalue weighted by molar-refractivity contribution is 9.10. The van der Waals surface area contributed by atoms with E-state index in [0.29, 0.717) is 6.04 Å². The Morgan fingerprint density at radius 2 is 2.05 bits per heavy atom. The third kappa shape index (κ3) is 5.46. The van der Waals surface area contributed by atoms with Gasteiger partial charge in [0, 0.05) is 22.8 Å². The van der Waals surface area contributed by atoms with Crippen molar-refractivity contribution in [1.82, 2.24) is 4.90 Å². The summed E-state index contributed by atoms with van der Waals surface area (Å²) in [5, 5.41) is 10.3. The number of benzene rings is 1. The second-order valence-electron chi connectivity index (χ2n) is 4.82. The lowest BCUT2D eigenvalue weighted by atomic mass is 10.1. The fraction of sp³-hybridized carbons (Fsp3) is 0.600. The molecule has 0 radical (unpaired) electrons. The molecular weight excluding hydrogens is 322 g/mol. The smallest absolute Gasteiger partial charge is 0.0813 e. The first kappa shape index (κ1) is 17.0. The third-order valence-electron chi connectivity index (χ3n) is 3.47. The van der Waals surface area contributed by atoms with Crippen LogP contribution in [0.25, 0.3) is 0 Å². The summed E-state index contributed by atoms with van der Waals surface area (Å²) in [4.78, 5) is 2.36. The van der Waals surface area contributed by atoms with Crippen molar-refractivity contribution >= 4 is 27.7 Å². The van der Waals surface area contributed by atoms with E-state index in [1.807, 2.05) is 36.0 Å². The minimum Gasteiger partial charge on any atom is -0.388 e. The maximum absolute atomic E-state index is 10.3. The van der Waals surface area contributed by atoms with E-state index in [4.69, 9.17) is 0 Å². The normalized spacial score (nSPS) is 14.6. The highest BCUT2D eigenvalue weighted by Crippen LogP contribution is 2.25. The summed E-state index contributed by atoms with van der Waals surface area (Å²) >= 11 is 5.38. The molecular formula is C15H24BrNOS. The Labute approximate surface area is 129 Å². The summed E-state index contributed by atoms with van der Waals surface area (Å²) in [5.41, 5.74) is 0.980. The Morgan fingerprint density at radius 3 is 2.63 bits per heavy atom. The molecule has 0 saturated heterocycles. The number of hydrogen-bond acceptors (Lipinski definition) is 3. The molecule has 2 atom stereocenters. The highest BCUT2D eigenvalue weighted by atomic mass is 79.9. The lowest BCUT2D eigenvalue weighted by Gasteiger charge is -2.27. The van der Waals surface area contributed by atoms with Crippen molar-refractivity contribution in [3.8, 4) is 0 Å². The first-order valence-electron chi connectivity index (χ1n) is 6.71. The number of nitrogens with zero attached hydrogens (tertiary/aromatic N) is 1. The highest BCUT2D eigenvalue weighted by Gasteiger charge is 2.15. The minimum atomic E-state index is -0.398. The summed E-state index contributed by atoms with van der Waals surface area (Å²) in [7, 11) is 2.15. The molecule has 0 aliphatic rings. The standard InChI is InChI=1S/C15H24BrNOS/c1-4-12(11-19-3)17(2)10-9-15(18)13-7-5-6-8-14(13)16/h5-8,12,15,18H,4,9-11H2,1-3H3. The van der Waals surface area contributed by atoms with E-state index >= 15 is 0 Å². The molecule has 2 nitrogen and oxygen atoms in total. The molecule has 0 aliphatic heterocycles. The SMILES string of the molecule is CCC(CSC)N(C)CCC(O)c1ccccc1Br. The number of aliphatic hydroxyl groups is 1. The molecule has 108 valence electrons. The van der Waals surface area contributed by atoms with E-state index in [-0.39, 0.29) is 0 Å². The third-order valence-corrected chi connectivity index (χ3v) is 4.91. The van der Waals surface area contributed by atoms with E-state index in [1.54, 1.807) is 0 Å². The lowest BCUT2D eigenvalue weighted by molar-refractivity contribution is 0.138. The molecule has 0 saturated carbocycles. The van der Waals surface area contributed by atoms with Gasteiger partial charge >= 0.3 is 0 Å². The average molecular weight is 346 g/mol. The summed E-state index contributed by atoms with van der Waals surface area (Å²) in [6.07, 6.45) is 3.67. The van der Waals surface area contributed by atoms with Gasteiger partial charge in [-0.1, -0.05) is 41.1 Å². The average Bonchev–Trinajstić information content (AvgIpc) is 2.42. The van der Waals surface area contributed by atoms with Crippen LogP contribution in [0.1, 0.15) is 31.4 Å². The van der Waals surface area contributed by atoms with E-state index in [1.165, 1.54) is 0 Å². The van der Waals surface area contributed by atoms with Crippen LogP contribution in [0.2, 0.25) is 0 Å². The van der Waals surface area contributed by atoms with Crippen LogP contribution in [-0.2, 0) is 0 Å². The fourth-order valence-electron chi connectivity index (χ4n) is 2.16. The molecule has 2 unspecified atom stereocenters. The van der Waals surface area contributed by atoms with E-state index < -0.39 is 6.10 Å². The second-order valence-corrected chi connectivity index (χ2v) is 6.59. The molecule has 0 heterocycles. The Morgan fingerprint density at radius 1 is 1.37 bits per heavy atom. The first-order chi connectivity index (χ1) is 9.10. The van der Waals surface area contributed by atoms with Crippen molar-refractivity contribution in [3.63, 3.8) is 0 Å². The van der Waals surface area contributed by atoms with Crippen LogP contribution in [0, 0.1) is 0 Å². The van der Waals surface area contributed by atoms with E-state index in [9.17, 15) is 5.11 Å². The molecule has 0 bridgehead atoms. The number of rotatable bonds is 8. The maximum Gasteiger partial charge on any atom is 0.0813 e. The van der Waals surface area contributed by atoms with Gasteiger partial charge in [-0.2, -0.15) is 11.8 Å². The van der Waals surface area contributed by atoms with Crippen molar-refractivity contribution in [1.29, 1.82) is 0 Å². The number of thioether (sulfide) groups is 1. The van der Waals surface area contributed by atoms with Gasteiger partial charge in [-0.3, -0.25) is 0 Å². The van der Waals surface area contributed by atoms with Crippen molar-refractivity contribution in [2.45, 2.75) is 31.9 Å². The zero-order chi connectivity index (χ0) is 14.3. The van der Waals surface area contributed by atoms with Crippen LogP contribution in [-0.4, -0.2) is 41.6 Å². The zero-order valence-corrected chi connectivity index (χ0v) is 14.4. The van der Waals surface area contributed by atoms with Crippen LogP contribution < -0.4 is 0 Å². The largest absolute Gasteiger partial charge is 0.388 e. The Kier molecular flexibility index (Phi) is 8.07. The van der Waals surface area contributed by atoms with Crippen LogP contribution in [0.5, 0.6) is 0 Å². The van der Waals surface area contributed by atoms with Crippen molar-refractivity contribution in [2.24, 2.45) is 0 Å². The Hall–Kier alpha value is -0.0300. The monoisotopic (exact) mass is 345 g/mol. The summed E-state index contributed by atoms with van der Waals surface area (Å²) < 4.78 is 0.987. The van der Waals surface area contributed by atoms with Crippen molar-refractivity contribution < 1.29 is 5.11 Å². The minimum absolute atomic E-state index is 0.398. The first-order valence-corrected chi connectivity index (χ1v) is 8.90. The Bertz CT molecular complexity index is 375.